The van der Waals surface area contributed by atoms with E-state index in [4.69, 9.17) is 0 Å². The van der Waals surface area contributed by atoms with Gasteiger partial charge < -0.3 is 15.3 Å². The van der Waals surface area contributed by atoms with Crippen molar-refractivity contribution in [2.45, 2.75) is 136 Å². The van der Waals surface area contributed by atoms with Crippen LogP contribution in [-0.4, -0.2) is 55.8 Å². The van der Waals surface area contributed by atoms with Gasteiger partial charge in [-0.2, -0.15) is 0 Å². The van der Waals surface area contributed by atoms with Crippen LogP contribution in [-0.2, 0) is 14.4 Å². The maximum atomic E-state index is 12.4. The summed E-state index contributed by atoms with van der Waals surface area (Å²) >= 11 is 0. The van der Waals surface area contributed by atoms with Crippen molar-refractivity contribution in [3.63, 3.8) is 0 Å². The Bertz CT molecular complexity index is 544. The van der Waals surface area contributed by atoms with Crippen molar-refractivity contribution < 1.29 is 34.2 Å². The van der Waals surface area contributed by atoms with Gasteiger partial charge >= 0.3 is 17.9 Å². The molecule has 0 aromatic rings. The minimum atomic E-state index is -1.14. The van der Waals surface area contributed by atoms with E-state index < -0.39 is 40.5 Å². The number of carboxylic acid groups (broad SMARTS) is 3. The highest BCUT2D eigenvalue weighted by molar-refractivity contribution is 5.78. The number of allylic oxidation sites excluding steroid dienone is 1. The fourth-order valence-electron chi connectivity index (χ4n) is 4.88. The predicted molar refractivity (Wildman–Crippen MR) is 131 cm³/mol. The number of hydrogen-bond donors (Lipinski definition) is 3. The lowest BCUT2D eigenvalue weighted by Gasteiger charge is -2.47. The summed E-state index contributed by atoms with van der Waals surface area (Å²) < 4.78 is -0.550. The van der Waals surface area contributed by atoms with Gasteiger partial charge in [0.1, 0.15) is 0 Å². The Morgan fingerprint density at radius 2 is 0.970 bits per heavy atom. The number of carboxylic acids is 3. The first-order chi connectivity index (χ1) is 15.7. The van der Waals surface area contributed by atoms with Gasteiger partial charge in [-0.25, -0.2) is 14.4 Å². The average Bonchev–Trinajstić information content (AvgIpc) is 2.76. The number of aliphatic carboxylic acids is 3. The zero-order valence-corrected chi connectivity index (χ0v) is 21.3. The van der Waals surface area contributed by atoms with Crippen molar-refractivity contribution in [3.05, 3.63) is 12.3 Å². The smallest absolute Gasteiger partial charge is 0.363 e. The summed E-state index contributed by atoms with van der Waals surface area (Å²) in [6.45, 7) is 7.72. The first-order valence-electron chi connectivity index (χ1n) is 13.0. The molecule has 3 atom stereocenters. The highest BCUT2D eigenvalue weighted by Crippen LogP contribution is 2.34. The molecule has 0 saturated heterocycles. The second-order valence-electron chi connectivity index (χ2n) is 9.12. The number of carbonyl (C=O) groups is 3. The van der Waals surface area contributed by atoms with E-state index >= 15 is 0 Å². The molecule has 33 heavy (non-hydrogen) atoms. The molecule has 0 fully saturated rings. The maximum absolute atomic E-state index is 12.4. The van der Waals surface area contributed by atoms with Gasteiger partial charge in [-0.3, -0.25) is 4.48 Å². The molecule has 0 bridgehead atoms. The predicted octanol–water partition coefficient (Wildman–Crippen LogP) is 6.22. The van der Waals surface area contributed by atoms with E-state index in [1.165, 1.54) is 25.7 Å². The molecule has 0 aliphatic rings. The fraction of sp³-hybridized carbons (Fsp3) is 0.808. The van der Waals surface area contributed by atoms with Gasteiger partial charge in [0, 0.05) is 19.3 Å². The molecule has 0 aromatic heterocycles. The van der Waals surface area contributed by atoms with Crippen molar-refractivity contribution in [2.75, 3.05) is 0 Å². The zero-order valence-electron chi connectivity index (χ0n) is 21.3. The lowest BCUT2D eigenvalue weighted by atomic mass is 9.93. The van der Waals surface area contributed by atoms with Crippen LogP contribution in [0.2, 0.25) is 0 Å². The van der Waals surface area contributed by atoms with Crippen molar-refractivity contribution in [1.82, 2.24) is 0 Å². The lowest BCUT2D eigenvalue weighted by molar-refractivity contribution is -0.928. The molecule has 0 radical (unpaired) electrons. The van der Waals surface area contributed by atoms with E-state index in [-0.39, 0.29) is 19.3 Å². The summed E-state index contributed by atoms with van der Waals surface area (Å²) in [5.74, 6) is -3.41. The molecule has 0 heterocycles. The van der Waals surface area contributed by atoms with E-state index in [0.717, 1.165) is 19.3 Å². The third-order valence-electron chi connectivity index (χ3n) is 6.50. The molecule has 0 aliphatic carbocycles. The van der Waals surface area contributed by atoms with Crippen LogP contribution in [0, 0.1) is 0 Å². The van der Waals surface area contributed by atoms with Gasteiger partial charge in [-0.05, 0) is 38.2 Å². The van der Waals surface area contributed by atoms with Crippen molar-refractivity contribution >= 4 is 17.9 Å². The van der Waals surface area contributed by atoms with Crippen LogP contribution < -0.4 is 0 Å². The van der Waals surface area contributed by atoms with Crippen molar-refractivity contribution in [2.24, 2.45) is 0 Å². The molecule has 0 saturated carbocycles. The van der Waals surface area contributed by atoms with Gasteiger partial charge in [0.2, 0.25) is 0 Å². The molecule has 0 aliphatic heterocycles. The summed E-state index contributed by atoms with van der Waals surface area (Å²) in [5, 5.41) is 30.4. The Balaban J connectivity index is 6.18. The molecule has 3 N–H and O–H groups in total. The van der Waals surface area contributed by atoms with Gasteiger partial charge in [-0.1, -0.05) is 66.2 Å². The van der Waals surface area contributed by atoms with E-state index in [9.17, 15) is 29.7 Å². The van der Waals surface area contributed by atoms with Crippen LogP contribution in [0.4, 0.5) is 0 Å². The molecule has 0 rings (SSSR count). The number of quaternary nitrogens is 1. The van der Waals surface area contributed by atoms with Gasteiger partial charge in [0.25, 0.3) is 0 Å². The number of hydrogen-bond acceptors (Lipinski definition) is 3. The number of unbranched alkanes of at least 4 members (excludes halogenated alkanes) is 7. The SMILES string of the molecule is CCCCCCCCC/C=C/[N+](C(CCC)C(=O)O)(C(CCC)C(=O)O)C(CCC)C(=O)O. The van der Waals surface area contributed by atoms with Crippen molar-refractivity contribution in [3.8, 4) is 0 Å². The summed E-state index contributed by atoms with van der Waals surface area (Å²) in [6.07, 6.45) is 14.4. The van der Waals surface area contributed by atoms with Gasteiger partial charge in [-0.15, -0.1) is 0 Å². The number of nitrogens with zero attached hydrogens (tertiary/aromatic N) is 1. The third-order valence-corrected chi connectivity index (χ3v) is 6.50. The summed E-state index contributed by atoms with van der Waals surface area (Å²) in [4.78, 5) is 37.3. The highest BCUT2D eigenvalue weighted by Gasteiger charge is 2.56. The molecule has 7 nitrogen and oxygen atoms in total. The van der Waals surface area contributed by atoms with E-state index in [2.05, 4.69) is 6.92 Å². The Morgan fingerprint density at radius 3 is 1.30 bits per heavy atom. The van der Waals surface area contributed by atoms with Crippen LogP contribution in [0.3, 0.4) is 0 Å². The van der Waals surface area contributed by atoms with Gasteiger partial charge in [0.15, 0.2) is 18.1 Å². The molecular formula is C26H48NO6+. The maximum Gasteiger partial charge on any atom is 0.363 e. The first kappa shape index (κ1) is 31.1. The lowest BCUT2D eigenvalue weighted by Crippen LogP contribution is -2.69. The van der Waals surface area contributed by atoms with Crippen LogP contribution in [0.25, 0.3) is 0 Å². The van der Waals surface area contributed by atoms with E-state index in [1.807, 2.05) is 26.8 Å². The average molecular weight is 471 g/mol. The standard InChI is InChI=1S/C26H47NO6/c1-5-9-10-11-12-13-14-15-16-20-27(21(17-6-2)24(28)29,22(18-7-3)25(30)31)23(19-8-4)26(32)33/h16,20-23H,5-15,17-19H2,1-4H3,(H2-,28,29,30,31,32,33)/p+1/b20-16+. The molecule has 0 amide bonds. The van der Waals surface area contributed by atoms with E-state index in [0.29, 0.717) is 25.7 Å². The fourth-order valence-corrected chi connectivity index (χ4v) is 4.88. The summed E-state index contributed by atoms with van der Waals surface area (Å²) in [7, 11) is 0. The Kier molecular flexibility index (Phi) is 16.6. The molecule has 0 spiro atoms. The third kappa shape index (κ3) is 9.86. The molecule has 7 heteroatoms. The topological polar surface area (TPSA) is 112 Å². The normalized spacial score (nSPS) is 16.2. The minimum Gasteiger partial charge on any atom is -0.477 e. The second-order valence-corrected chi connectivity index (χ2v) is 9.12. The van der Waals surface area contributed by atoms with Crippen LogP contribution in [0.15, 0.2) is 12.3 Å². The highest BCUT2D eigenvalue weighted by atomic mass is 16.4. The Hall–Kier alpha value is -1.89. The van der Waals surface area contributed by atoms with Crippen LogP contribution in [0.5, 0.6) is 0 Å². The molecule has 192 valence electrons. The Labute approximate surface area is 200 Å². The van der Waals surface area contributed by atoms with Gasteiger partial charge in [0.05, 0.1) is 6.20 Å². The van der Waals surface area contributed by atoms with Crippen LogP contribution in [0.1, 0.15) is 118 Å². The summed E-state index contributed by atoms with van der Waals surface area (Å²) in [5.41, 5.74) is 0. The Morgan fingerprint density at radius 1 is 0.606 bits per heavy atom. The van der Waals surface area contributed by atoms with Crippen LogP contribution >= 0.6 is 0 Å². The largest absolute Gasteiger partial charge is 0.477 e. The minimum absolute atomic E-state index is 0.220. The van der Waals surface area contributed by atoms with Crippen molar-refractivity contribution in [1.29, 1.82) is 0 Å². The van der Waals surface area contributed by atoms with E-state index in [1.54, 1.807) is 6.20 Å². The number of rotatable bonds is 21. The molecular weight excluding hydrogens is 422 g/mol. The molecule has 3 unspecified atom stereocenters. The first-order valence-corrected chi connectivity index (χ1v) is 13.0. The quantitative estimate of drug-likeness (QED) is 0.136. The summed E-state index contributed by atoms with van der Waals surface area (Å²) in [6, 6.07) is -3.37. The second kappa shape index (κ2) is 17.6. The zero-order chi connectivity index (χ0) is 25.3. The monoisotopic (exact) mass is 470 g/mol. The molecule has 0 aromatic carbocycles.